The average Bonchev–Trinajstić information content (AvgIpc) is 2.69. The van der Waals surface area contributed by atoms with Crippen LogP contribution in [0.25, 0.3) is 0 Å². The summed E-state index contributed by atoms with van der Waals surface area (Å²) in [5.74, 6) is 0.594. The van der Waals surface area contributed by atoms with Crippen molar-refractivity contribution in [1.29, 1.82) is 0 Å². The van der Waals surface area contributed by atoms with Crippen molar-refractivity contribution in [3.8, 4) is 0 Å². The number of nitrogens with zero attached hydrogens (tertiary/aromatic N) is 1. The predicted molar refractivity (Wildman–Crippen MR) is 109 cm³/mol. The van der Waals surface area contributed by atoms with Crippen molar-refractivity contribution in [3.63, 3.8) is 0 Å². The van der Waals surface area contributed by atoms with Gasteiger partial charge in [0.2, 0.25) is 11.8 Å². The van der Waals surface area contributed by atoms with Gasteiger partial charge in [-0.05, 0) is 57.2 Å². The van der Waals surface area contributed by atoms with Crippen LogP contribution in [0.15, 0.2) is 24.3 Å². The molecular weight excluding hydrogens is 360 g/mol. The average molecular weight is 391 g/mol. The molecule has 1 aliphatic heterocycles. The Hall–Kier alpha value is -1.55. The molecule has 1 aliphatic carbocycles. The van der Waals surface area contributed by atoms with E-state index in [2.05, 4.69) is 5.32 Å². The van der Waals surface area contributed by atoms with E-state index in [4.69, 9.17) is 11.6 Å². The van der Waals surface area contributed by atoms with Crippen molar-refractivity contribution in [2.45, 2.75) is 70.3 Å². The Balaban J connectivity index is 1.51. The van der Waals surface area contributed by atoms with Gasteiger partial charge in [0, 0.05) is 30.1 Å². The van der Waals surface area contributed by atoms with E-state index >= 15 is 0 Å². The van der Waals surface area contributed by atoms with Crippen LogP contribution in [0.3, 0.4) is 0 Å². The minimum absolute atomic E-state index is 0.0295. The summed E-state index contributed by atoms with van der Waals surface area (Å²) < 4.78 is 0. The summed E-state index contributed by atoms with van der Waals surface area (Å²) in [5.41, 5.74) is 0.342. The maximum atomic E-state index is 12.9. The maximum Gasteiger partial charge on any atom is 0.230 e. The van der Waals surface area contributed by atoms with Gasteiger partial charge in [-0.15, -0.1) is 0 Å². The lowest BCUT2D eigenvalue weighted by Gasteiger charge is -2.36. The second kappa shape index (κ2) is 8.64. The summed E-state index contributed by atoms with van der Waals surface area (Å²) >= 11 is 5.96. The zero-order valence-corrected chi connectivity index (χ0v) is 17.2. The minimum Gasteiger partial charge on any atom is -0.352 e. The van der Waals surface area contributed by atoms with E-state index < -0.39 is 5.41 Å². The molecule has 0 spiro atoms. The summed E-state index contributed by atoms with van der Waals surface area (Å²) in [6, 6.07) is 7.60. The van der Waals surface area contributed by atoms with Crippen LogP contribution < -0.4 is 5.32 Å². The van der Waals surface area contributed by atoms with Gasteiger partial charge in [0.1, 0.15) is 0 Å². The fourth-order valence-corrected chi connectivity index (χ4v) is 4.34. The number of halogens is 1. The van der Waals surface area contributed by atoms with Crippen molar-refractivity contribution < 1.29 is 9.59 Å². The van der Waals surface area contributed by atoms with Crippen LogP contribution in [-0.2, 0) is 15.0 Å². The van der Waals surface area contributed by atoms with Crippen molar-refractivity contribution in [3.05, 3.63) is 34.9 Å². The summed E-state index contributed by atoms with van der Waals surface area (Å²) in [5, 5.41) is 3.87. The number of hydrogen-bond donors (Lipinski definition) is 1. The maximum absolute atomic E-state index is 12.9. The SMILES string of the molecule is CC(C)(C(=O)NC1CCN(C(=O)C2CCCCC2)CC1)c1ccc(Cl)cc1. The van der Waals surface area contributed by atoms with E-state index in [1.807, 2.05) is 43.0 Å². The first kappa shape index (κ1) is 20.2. The van der Waals surface area contributed by atoms with Gasteiger partial charge in [-0.3, -0.25) is 9.59 Å². The van der Waals surface area contributed by atoms with Gasteiger partial charge in [-0.2, -0.15) is 0 Å². The molecule has 1 aromatic carbocycles. The first-order valence-corrected chi connectivity index (χ1v) is 10.6. The molecule has 1 saturated carbocycles. The van der Waals surface area contributed by atoms with E-state index in [0.29, 0.717) is 10.9 Å². The van der Waals surface area contributed by atoms with Crippen molar-refractivity contribution in [2.75, 3.05) is 13.1 Å². The predicted octanol–water partition coefficient (Wildman–Crippen LogP) is 4.31. The van der Waals surface area contributed by atoms with E-state index in [0.717, 1.165) is 44.3 Å². The van der Waals surface area contributed by atoms with Crippen molar-refractivity contribution in [2.24, 2.45) is 5.92 Å². The van der Waals surface area contributed by atoms with Gasteiger partial charge in [-0.1, -0.05) is 43.0 Å². The van der Waals surface area contributed by atoms with Crippen molar-refractivity contribution >= 4 is 23.4 Å². The molecule has 2 fully saturated rings. The van der Waals surface area contributed by atoms with Crippen molar-refractivity contribution in [1.82, 2.24) is 10.2 Å². The highest BCUT2D eigenvalue weighted by Crippen LogP contribution is 2.28. The van der Waals surface area contributed by atoms with Gasteiger partial charge < -0.3 is 10.2 Å². The Bertz CT molecular complexity index is 657. The number of piperidine rings is 1. The van der Waals surface area contributed by atoms with E-state index in [1.54, 1.807) is 0 Å². The fourth-order valence-electron chi connectivity index (χ4n) is 4.22. The molecule has 0 radical (unpaired) electrons. The summed E-state index contributed by atoms with van der Waals surface area (Å²) in [6.07, 6.45) is 7.39. The first-order chi connectivity index (χ1) is 12.9. The summed E-state index contributed by atoms with van der Waals surface area (Å²) in [6.45, 7) is 5.38. The molecule has 2 aliphatic rings. The molecule has 0 aromatic heterocycles. The van der Waals surface area contributed by atoms with Crippen LogP contribution in [0.1, 0.15) is 64.4 Å². The molecule has 3 rings (SSSR count). The highest BCUT2D eigenvalue weighted by molar-refractivity contribution is 6.30. The zero-order chi connectivity index (χ0) is 19.4. The smallest absolute Gasteiger partial charge is 0.230 e. The standard InChI is InChI=1S/C22H31ClN2O2/c1-22(2,17-8-10-18(23)11-9-17)21(27)24-19-12-14-25(15-13-19)20(26)16-6-4-3-5-7-16/h8-11,16,19H,3-7,12-15H2,1-2H3,(H,24,27). The lowest BCUT2D eigenvalue weighted by Crippen LogP contribution is -2.51. The Morgan fingerprint density at radius 3 is 2.19 bits per heavy atom. The number of amides is 2. The highest BCUT2D eigenvalue weighted by atomic mass is 35.5. The minimum atomic E-state index is -0.611. The van der Waals surface area contributed by atoms with Gasteiger partial charge in [0.25, 0.3) is 0 Å². The monoisotopic (exact) mass is 390 g/mol. The van der Waals surface area contributed by atoms with Gasteiger partial charge >= 0.3 is 0 Å². The Labute approximate surface area is 167 Å². The van der Waals surface area contributed by atoms with E-state index in [1.165, 1.54) is 19.3 Å². The second-order valence-electron chi connectivity index (χ2n) is 8.54. The number of carbonyl (C=O) groups is 2. The molecule has 1 heterocycles. The van der Waals surface area contributed by atoms with Crippen LogP contribution in [0.5, 0.6) is 0 Å². The van der Waals surface area contributed by atoms with Gasteiger partial charge in [0.15, 0.2) is 0 Å². The third-order valence-electron chi connectivity index (χ3n) is 6.23. The molecule has 27 heavy (non-hydrogen) atoms. The molecule has 1 aromatic rings. The van der Waals surface area contributed by atoms with Crippen LogP contribution in [0.4, 0.5) is 0 Å². The molecular formula is C22H31ClN2O2. The number of nitrogens with one attached hydrogen (secondary N) is 1. The van der Waals surface area contributed by atoms with Gasteiger partial charge in [-0.25, -0.2) is 0 Å². The first-order valence-electron chi connectivity index (χ1n) is 10.2. The topological polar surface area (TPSA) is 49.4 Å². The van der Waals surface area contributed by atoms with Crippen LogP contribution in [0, 0.1) is 5.92 Å². The Kier molecular flexibility index (Phi) is 6.46. The highest BCUT2D eigenvalue weighted by Gasteiger charge is 2.33. The Morgan fingerprint density at radius 2 is 1.59 bits per heavy atom. The molecule has 4 nitrogen and oxygen atoms in total. The lowest BCUT2D eigenvalue weighted by molar-refractivity contribution is -0.137. The number of rotatable bonds is 4. The van der Waals surface area contributed by atoms with Crippen LogP contribution in [-0.4, -0.2) is 35.8 Å². The van der Waals surface area contributed by atoms with Crippen LogP contribution in [0.2, 0.25) is 5.02 Å². The third kappa shape index (κ3) is 4.84. The third-order valence-corrected chi connectivity index (χ3v) is 6.48. The zero-order valence-electron chi connectivity index (χ0n) is 16.5. The molecule has 2 amide bonds. The molecule has 1 N–H and O–H groups in total. The molecule has 148 valence electrons. The fraction of sp³-hybridized carbons (Fsp3) is 0.636. The normalized spacial score (nSPS) is 19.7. The molecule has 5 heteroatoms. The van der Waals surface area contributed by atoms with E-state index in [9.17, 15) is 9.59 Å². The lowest BCUT2D eigenvalue weighted by atomic mass is 9.83. The molecule has 1 saturated heterocycles. The molecule has 0 atom stereocenters. The number of benzene rings is 1. The summed E-state index contributed by atoms with van der Waals surface area (Å²) in [7, 11) is 0. The number of likely N-dealkylation sites (tertiary alicyclic amines) is 1. The molecule has 0 bridgehead atoms. The number of carbonyl (C=O) groups excluding carboxylic acids is 2. The quantitative estimate of drug-likeness (QED) is 0.832. The Morgan fingerprint density at radius 1 is 1.00 bits per heavy atom. The van der Waals surface area contributed by atoms with Crippen LogP contribution >= 0.6 is 11.6 Å². The summed E-state index contributed by atoms with van der Waals surface area (Å²) in [4.78, 5) is 27.6. The van der Waals surface area contributed by atoms with Gasteiger partial charge in [0.05, 0.1) is 5.41 Å². The van der Waals surface area contributed by atoms with E-state index in [-0.39, 0.29) is 17.9 Å². The largest absolute Gasteiger partial charge is 0.352 e. The second-order valence-corrected chi connectivity index (χ2v) is 8.98. The molecule has 0 unspecified atom stereocenters. The number of hydrogen-bond acceptors (Lipinski definition) is 2.